The highest BCUT2D eigenvalue weighted by molar-refractivity contribution is 7.99. The summed E-state index contributed by atoms with van der Waals surface area (Å²) in [6.07, 6.45) is 0.237. The Morgan fingerprint density at radius 1 is 1.16 bits per heavy atom. The summed E-state index contributed by atoms with van der Waals surface area (Å²) in [5, 5.41) is 2.99. The Balaban J connectivity index is 1.68. The smallest absolute Gasteiger partial charge is 0.307 e. The highest BCUT2D eigenvalue weighted by Gasteiger charge is 2.09. The van der Waals surface area contributed by atoms with Crippen LogP contribution in [-0.2, 0) is 14.3 Å². The molecule has 0 fully saturated rings. The largest absolute Gasteiger partial charge is 0.495 e. The zero-order valence-electron chi connectivity index (χ0n) is 13.7. The number of thioether (sulfide) groups is 1. The van der Waals surface area contributed by atoms with Crippen LogP contribution in [0.15, 0.2) is 53.4 Å². The molecular weight excluding hydrogens is 362 g/mol. The molecule has 0 unspecified atom stereocenters. The van der Waals surface area contributed by atoms with E-state index in [0.717, 1.165) is 4.90 Å². The Morgan fingerprint density at radius 3 is 2.60 bits per heavy atom. The van der Waals surface area contributed by atoms with Gasteiger partial charge < -0.3 is 14.8 Å². The second-order valence-electron chi connectivity index (χ2n) is 4.97. The Bertz CT molecular complexity index is 724. The molecule has 0 spiro atoms. The first-order valence-corrected chi connectivity index (χ1v) is 8.91. The van der Waals surface area contributed by atoms with Gasteiger partial charge in [-0.3, -0.25) is 9.59 Å². The summed E-state index contributed by atoms with van der Waals surface area (Å²) < 4.78 is 10.0. The van der Waals surface area contributed by atoms with Gasteiger partial charge in [-0.05, 0) is 30.3 Å². The van der Waals surface area contributed by atoms with Crippen LogP contribution in [0.4, 0.5) is 5.69 Å². The van der Waals surface area contributed by atoms with Crippen molar-refractivity contribution in [3.8, 4) is 5.75 Å². The third-order valence-electron chi connectivity index (χ3n) is 3.12. The second-order valence-corrected chi connectivity index (χ2v) is 6.55. The molecule has 2 aromatic carbocycles. The van der Waals surface area contributed by atoms with Crippen LogP contribution in [0.3, 0.4) is 0 Å². The van der Waals surface area contributed by atoms with E-state index in [-0.39, 0.29) is 13.0 Å². The minimum atomic E-state index is -0.426. The fraction of sp³-hybridized carbons (Fsp3) is 0.222. The van der Waals surface area contributed by atoms with Gasteiger partial charge in [-0.25, -0.2) is 0 Å². The second kappa shape index (κ2) is 9.96. The minimum absolute atomic E-state index is 0.237. The standard InChI is InChI=1S/C18H18ClNO4S/c1-23-16-8-7-13(11-15(16)19)20-17(21)12-24-18(22)9-10-25-14-5-3-2-4-6-14/h2-8,11H,9-10,12H2,1H3,(H,20,21). The van der Waals surface area contributed by atoms with E-state index in [2.05, 4.69) is 5.32 Å². The molecular formula is C18H18ClNO4S. The molecule has 2 rings (SSSR count). The van der Waals surface area contributed by atoms with Crippen LogP contribution in [0.2, 0.25) is 5.02 Å². The van der Waals surface area contributed by atoms with Crippen LogP contribution in [0, 0.1) is 0 Å². The number of carbonyl (C=O) groups is 2. The highest BCUT2D eigenvalue weighted by atomic mass is 35.5. The monoisotopic (exact) mass is 379 g/mol. The van der Waals surface area contributed by atoms with Crippen molar-refractivity contribution >= 4 is 40.9 Å². The number of nitrogens with one attached hydrogen (secondary N) is 1. The summed E-state index contributed by atoms with van der Waals surface area (Å²) in [7, 11) is 1.51. The Morgan fingerprint density at radius 2 is 1.92 bits per heavy atom. The summed E-state index contributed by atoms with van der Waals surface area (Å²) in [6.45, 7) is -0.335. The van der Waals surface area contributed by atoms with Gasteiger partial charge in [0.15, 0.2) is 6.61 Å². The molecule has 0 radical (unpaired) electrons. The van der Waals surface area contributed by atoms with Gasteiger partial charge in [0.25, 0.3) is 5.91 Å². The topological polar surface area (TPSA) is 64.6 Å². The van der Waals surface area contributed by atoms with Gasteiger partial charge >= 0.3 is 5.97 Å². The maximum absolute atomic E-state index is 11.8. The molecule has 0 bridgehead atoms. The molecule has 0 aliphatic rings. The van der Waals surface area contributed by atoms with Crippen molar-refractivity contribution in [2.45, 2.75) is 11.3 Å². The number of carbonyl (C=O) groups excluding carboxylic acids is 2. The Labute approximate surface area is 155 Å². The lowest BCUT2D eigenvalue weighted by atomic mass is 10.3. The molecule has 132 valence electrons. The predicted octanol–water partition coefficient (Wildman–Crippen LogP) is 4.01. The van der Waals surface area contributed by atoms with Crippen molar-refractivity contribution in [2.24, 2.45) is 0 Å². The van der Waals surface area contributed by atoms with E-state index >= 15 is 0 Å². The molecule has 1 N–H and O–H groups in total. The van der Waals surface area contributed by atoms with Crippen LogP contribution < -0.4 is 10.1 Å². The number of methoxy groups -OCH3 is 1. The molecule has 2 aromatic rings. The van der Waals surface area contributed by atoms with Gasteiger partial charge in [0.05, 0.1) is 18.6 Å². The fourth-order valence-electron chi connectivity index (χ4n) is 1.93. The number of rotatable bonds is 8. The van der Waals surface area contributed by atoms with Crippen molar-refractivity contribution in [2.75, 3.05) is 24.8 Å². The maximum atomic E-state index is 11.8. The predicted molar refractivity (Wildman–Crippen MR) is 99.4 cm³/mol. The van der Waals surface area contributed by atoms with E-state index in [1.807, 2.05) is 30.3 Å². The lowest BCUT2D eigenvalue weighted by Gasteiger charge is -2.08. The number of hydrogen-bond acceptors (Lipinski definition) is 5. The third-order valence-corrected chi connectivity index (χ3v) is 4.43. The summed E-state index contributed by atoms with van der Waals surface area (Å²) in [5.41, 5.74) is 0.506. The molecule has 0 aliphatic heterocycles. The van der Waals surface area contributed by atoms with E-state index in [0.29, 0.717) is 22.2 Å². The number of amides is 1. The number of anilines is 1. The van der Waals surface area contributed by atoms with Crippen LogP contribution in [0.1, 0.15) is 6.42 Å². The number of ether oxygens (including phenoxy) is 2. The van der Waals surface area contributed by atoms with Gasteiger partial charge in [0, 0.05) is 16.3 Å². The average molecular weight is 380 g/mol. The van der Waals surface area contributed by atoms with Crippen molar-refractivity contribution < 1.29 is 19.1 Å². The van der Waals surface area contributed by atoms with Gasteiger partial charge in [-0.2, -0.15) is 0 Å². The van der Waals surface area contributed by atoms with Crippen molar-refractivity contribution in [3.05, 3.63) is 53.6 Å². The number of esters is 1. The molecule has 0 aliphatic carbocycles. The van der Waals surface area contributed by atoms with E-state index < -0.39 is 11.9 Å². The molecule has 0 saturated heterocycles. The number of hydrogen-bond donors (Lipinski definition) is 1. The summed E-state index contributed by atoms with van der Waals surface area (Å²) in [4.78, 5) is 24.6. The van der Waals surface area contributed by atoms with E-state index in [1.54, 1.807) is 30.0 Å². The molecule has 0 atom stereocenters. The van der Waals surface area contributed by atoms with Gasteiger partial charge in [-0.15, -0.1) is 11.8 Å². The minimum Gasteiger partial charge on any atom is -0.495 e. The SMILES string of the molecule is COc1ccc(NC(=O)COC(=O)CCSc2ccccc2)cc1Cl. The van der Waals surface area contributed by atoms with Crippen LogP contribution in [0.5, 0.6) is 5.75 Å². The lowest BCUT2D eigenvalue weighted by Crippen LogP contribution is -2.21. The van der Waals surface area contributed by atoms with E-state index in [4.69, 9.17) is 21.1 Å². The fourth-order valence-corrected chi connectivity index (χ4v) is 3.04. The molecule has 5 nitrogen and oxygen atoms in total. The summed E-state index contributed by atoms with van der Waals surface area (Å²) >= 11 is 7.55. The molecule has 0 saturated carbocycles. The Hall–Kier alpha value is -2.18. The van der Waals surface area contributed by atoms with Crippen molar-refractivity contribution in [1.82, 2.24) is 0 Å². The molecule has 0 aromatic heterocycles. The molecule has 7 heteroatoms. The molecule has 1 amide bonds. The quantitative estimate of drug-likeness (QED) is 0.554. The van der Waals surface area contributed by atoms with Gasteiger partial charge in [0.2, 0.25) is 0 Å². The first-order chi connectivity index (χ1) is 12.1. The number of halogens is 1. The van der Waals surface area contributed by atoms with Gasteiger partial charge in [-0.1, -0.05) is 29.8 Å². The highest BCUT2D eigenvalue weighted by Crippen LogP contribution is 2.27. The third kappa shape index (κ3) is 6.68. The van der Waals surface area contributed by atoms with Crippen molar-refractivity contribution in [3.63, 3.8) is 0 Å². The van der Waals surface area contributed by atoms with Crippen molar-refractivity contribution in [1.29, 1.82) is 0 Å². The zero-order valence-corrected chi connectivity index (χ0v) is 15.2. The first-order valence-electron chi connectivity index (χ1n) is 7.55. The molecule has 0 heterocycles. The van der Waals surface area contributed by atoms with Gasteiger partial charge in [0.1, 0.15) is 5.75 Å². The van der Waals surface area contributed by atoms with Crippen LogP contribution >= 0.6 is 23.4 Å². The number of benzene rings is 2. The van der Waals surface area contributed by atoms with E-state index in [1.165, 1.54) is 7.11 Å². The van der Waals surface area contributed by atoms with Crippen LogP contribution in [0.25, 0.3) is 0 Å². The zero-order chi connectivity index (χ0) is 18.1. The normalized spacial score (nSPS) is 10.2. The maximum Gasteiger partial charge on any atom is 0.307 e. The Kier molecular flexibility index (Phi) is 7.63. The first kappa shape index (κ1) is 19.1. The molecule has 25 heavy (non-hydrogen) atoms. The lowest BCUT2D eigenvalue weighted by molar-refractivity contribution is -0.146. The summed E-state index contributed by atoms with van der Waals surface area (Å²) in [5.74, 6) is 0.275. The average Bonchev–Trinajstić information content (AvgIpc) is 2.61. The summed E-state index contributed by atoms with van der Waals surface area (Å²) in [6, 6.07) is 14.6. The van der Waals surface area contributed by atoms with Crippen LogP contribution in [-0.4, -0.2) is 31.3 Å². The van der Waals surface area contributed by atoms with E-state index in [9.17, 15) is 9.59 Å².